The second-order valence-corrected chi connectivity index (χ2v) is 7.62. The monoisotopic (exact) mass is 367 g/mol. The van der Waals surface area contributed by atoms with Gasteiger partial charge in [0.05, 0.1) is 30.1 Å². The first-order valence-electron chi connectivity index (χ1n) is 8.85. The summed E-state index contributed by atoms with van der Waals surface area (Å²) in [7, 11) is 2.00. The van der Waals surface area contributed by atoms with Gasteiger partial charge in [0.15, 0.2) is 5.78 Å². The molecule has 3 rings (SSSR count). The highest BCUT2D eigenvalue weighted by atomic mass is 32.2. The van der Waals surface area contributed by atoms with Crippen molar-refractivity contribution in [3.05, 3.63) is 53.1 Å². The van der Waals surface area contributed by atoms with Crippen LogP contribution in [0.1, 0.15) is 28.4 Å². The van der Waals surface area contributed by atoms with Crippen LogP contribution in [0.25, 0.3) is 0 Å². The Bertz CT molecular complexity index is 847. The molecule has 0 saturated carbocycles. The van der Waals surface area contributed by atoms with E-state index in [1.807, 2.05) is 56.4 Å². The normalized spacial score (nSPS) is 13.3. The Hall–Kier alpha value is -2.27. The fourth-order valence-corrected chi connectivity index (χ4v) is 3.97. The second-order valence-electron chi connectivity index (χ2n) is 6.63. The van der Waals surface area contributed by atoms with Crippen LogP contribution in [0.5, 0.6) is 0 Å². The Morgan fingerprint density at radius 2 is 2.04 bits per heavy atom. The number of thioether (sulfide) groups is 1. The summed E-state index contributed by atoms with van der Waals surface area (Å²) >= 11 is 1.78. The number of benzene rings is 2. The molecule has 2 aromatic carbocycles. The largest absolute Gasteiger partial charge is 0.366 e. The van der Waals surface area contributed by atoms with Gasteiger partial charge in [0.25, 0.3) is 0 Å². The molecule has 0 bridgehead atoms. The number of ketones is 1. The summed E-state index contributed by atoms with van der Waals surface area (Å²) in [5, 5.41) is 0. The van der Waals surface area contributed by atoms with Crippen LogP contribution in [0.4, 0.5) is 11.4 Å². The van der Waals surface area contributed by atoms with E-state index in [1.54, 1.807) is 11.8 Å². The summed E-state index contributed by atoms with van der Waals surface area (Å²) in [6, 6.07) is 12.3. The number of aryl methyl sites for hydroxylation is 2. The summed E-state index contributed by atoms with van der Waals surface area (Å²) < 4.78 is 0. The maximum atomic E-state index is 12.9. The fraction of sp³-hybridized carbons (Fsp3) is 0.333. The Labute approximate surface area is 159 Å². The maximum Gasteiger partial charge on any atom is 0.182 e. The molecule has 136 valence electrons. The first kappa shape index (κ1) is 18.5. The van der Waals surface area contributed by atoms with E-state index in [1.165, 1.54) is 4.90 Å². The summed E-state index contributed by atoms with van der Waals surface area (Å²) in [4.78, 5) is 22.9. The number of anilines is 1. The highest BCUT2D eigenvalue weighted by Crippen LogP contribution is 2.38. The summed E-state index contributed by atoms with van der Waals surface area (Å²) in [6.45, 7) is 7.40. The van der Waals surface area contributed by atoms with Crippen molar-refractivity contribution in [3.63, 3.8) is 0 Å². The second kappa shape index (κ2) is 7.96. The van der Waals surface area contributed by atoms with E-state index in [4.69, 9.17) is 0 Å². The van der Waals surface area contributed by atoms with Crippen molar-refractivity contribution >= 4 is 35.3 Å². The lowest BCUT2D eigenvalue weighted by molar-refractivity contribution is 0.0999. The molecule has 0 spiro atoms. The van der Waals surface area contributed by atoms with E-state index in [2.05, 4.69) is 28.9 Å². The third-order valence-electron chi connectivity index (χ3n) is 4.65. The molecule has 0 radical (unpaired) electrons. The molecule has 0 unspecified atom stereocenters. The van der Waals surface area contributed by atoms with Gasteiger partial charge in [0, 0.05) is 24.1 Å². The lowest BCUT2D eigenvalue weighted by atomic mass is 10.00. The number of carbonyl (C=O) groups excluding carboxylic acids is 1. The van der Waals surface area contributed by atoms with Crippen LogP contribution in [0, 0.1) is 13.8 Å². The van der Waals surface area contributed by atoms with Crippen LogP contribution in [0.15, 0.2) is 46.3 Å². The Morgan fingerprint density at radius 3 is 2.81 bits per heavy atom. The van der Waals surface area contributed by atoms with Crippen LogP contribution in [0.3, 0.4) is 0 Å². The maximum absolute atomic E-state index is 12.9. The van der Waals surface area contributed by atoms with Gasteiger partial charge in [-0.2, -0.15) is 0 Å². The molecule has 1 heterocycles. The molecule has 5 heteroatoms. The van der Waals surface area contributed by atoms with Crippen LogP contribution in [-0.4, -0.2) is 43.0 Å². The van der Waals surface area contributed by atoms with E-state index < -0.39 is 0 Å². The predicted octanol–water partition coefficient (Wildman–Crippen LogP) is 4.67. The van der Waals surface area contributed by atoms with Crippen molar-refractivity contribution in [2.45, 2.75) is 25.7 Å². The van der Waals surface area contributed by atoms with Gasteiger partial charge in [0.2, 0.25) is 0 Å². The average Bonchev–Trinajstić information content (AvgIpc) is 3.04. The summed E-state index contributed by atoms with van der Waals surface area (Å²) in [5.41, 5.74) is 4.87. The number of rotatable bonds is 6. The molecular formula is C21H25N3OS. The molecular weight excluding hydrogens is 342 g/mol. The van der Waals surface area contributed by atoms with Crippen molar-refractivity contribution in [3.8, 4) is 0 Å². The molecule has 4 nitrogen and oxygen atoms in total. The third-order valence-corrected chi connectivity index (χ3v) is 5.75. The van der Waals surface area contributed by atoms with Crippen molar-refractivity contribution in [1.29, 1.82) is 0 Å². The number of hydrogen-bond acceptors (Lipinski definition) is 4. The quantitative estimate of drug-likeness (QED) is 0.422. The van der Waals surface area contributed by atoms with E-state index in [9.17, 15) is 4.79 Å². The van der Waals surface area contributed by atoms with Gasteiger partial charge in [-0.25, -0.2) is 4.99 Å². The number of carbonyl (C=O) groups is 1. The van der Waals surface area contributed by atoms with Gasteiger partial charge >= 0.3 is 0 Å². The van der Waals surface area contributed by atoms with Gasteiger partial charge in [-0.05, 0) is 56.2 Å². The average molecular weight is 368 g/mol. The lowest BCUT2D eigenvalue weighted by Gasteiger charge is -2.18. The number of hydrogen-bond donors (Lipinski definition) is 0. The minimum Gasteiger partial charge on any atom is -0.366 e. The lowest BCUT2D eigenvalue weighted by Crippen LogP contribution is -2.27. The standard InChI is InChI=1S/C21H25N3OS/c1-5-23(4)13-22-18-11-15(2)17(10-16(18)3)20(25)12-24-14-26-21-9-7-6-8-19(21)24/h6-11,13H,5,12,14H2,1-4H3. The Morgan fingerprint density at radius 1 is 1.27 bits per heavy atom. The molecule has 1 aliphatic heterocycles. The molecule has 0 amide bonds. The van der Waals surface area contributed by atoms with Crippen molar-refractivity contribution in [2.24, 2.45) is 4.99 Å². The molecule has 26 heavy (non-hydrogen) atoms. The van der Waals surface area contributed by atoms with Crippen LogP contribution in [0.2, 0.25) is 0 Å². The molecule has 0 aliphatic carbocycles. The zero-order chi connectivity index (χ0) is 18.7. The number of Topliss-reactive ketones (excluding diaryl/α,β-unsaturated/α-hetero) is 1. The first-order valence-corrected chi connectivity index (χ1v) is 9.83. The summed E-state index contributed by atoms with van der Waals surface area (Å²) in [6.07, 6.45) is 1.83. The smallest absolute Gasteiger partial charge is 0.182 e. The van der Waals surface area contributed by atoms with Crippen molar-refractivity contribution < 1.29 is 4.79 Å². The Balaban J connectivity index is 1.78. The number of para-hydroxylation sites is 1. The molecule has 0 fully saturated rings. The molecule has 1 aliphatic rings. The Kier molecular flexibility index (Phi) is 5.67. The van der Waals surface area contributed by atoms with Crippen molar-refractivity contribution in [1.82, 2.24) is 4.90 Å². The van der Waals surface area contributed by atoms with Crippen LogP contribution in [-0.2, 0) is 0 Å². The molecule has 0 saturated heterocycles. The van der Waals surface area contributed by atoms with Gasteiger partial charge < -0.3 is 9.80 Å². The van der Waals surface area contributed by atoms with Gasteiger partial charge in [-0.15, -0.1) is 11.8 Å². The van der Waals surface area contributed by atoms with E-state index in [0.717, 1.165) is 40.5 Å². The van der Waals surface area contributed by atoms with E-state index in [0.29, 0.717) is 6.54 Å². The van der Waals surface area contributed by atoms with E-state index >= 15 is 0 Å². The number of fused-ring (bicyclic) bond motifs is 1. The first-order chi connectivity index (χ1) is 12.5. The van der Waals surface area contributed by atoms with Gasteiger partial charge in [-0.3, -0.25) is 4.79 Å². The third kappa shape index (κ3) is 3.93. The zero-order valence-corrected chi connectivity index (χ0v) is 16.6. The molecule has 2 aromatic rings. The zero-order valence-electron chi connectivity index (χ0n) is 15.8. The topological polar surface area (TPSA) is 35.9 Å². The van der Waals surface area contributed by atoms with Crippen molar-refractivity contribution in [2.75, 3.05) is 30.9 Å². The van der Waals surface area contributed by atoms with Gasteiger partial charge in [0.1, 0.15) is 0 Å². The number of aliphatic imine (C=N–C) groups is 1. The SMILES string of the molecule is CCN(C)C=Nc1cc(C)c(C(=O)CN2CSc3ccccc32)cc1C. The molecule has 0 N–H and O–H groups in total. The predicted molar refractivity (Wildman–Crippen MR) is 111 cm³/mol. The highest BCUT2D eigenvalue weighted by Gasteiger charge is 2.22. The molecule has 0 aromatic heterocycles. The minimum absolute atomic E-state index is 0.157. The van der Waals surface area contributed by atoms with Gasteiger partial charge in [-0.1, -0.05) is 12.1 Å². The minimum atomic E-state index is 0.157. The highest BCUT2D eigenvalue weighted by molar-refractivity contribution is 7.99. The number of nitrogens with zero attached hydrogens (tertiary/aromatic N) is 3. The van der Waals surface area contributed by atoms with E-state index in [-0.39, 0.29) is 5.78 Å². The summed E-state index contributed by atoms with van der Waals surface area (Å²) in [5.74, 6) is 0.985. The van der Waals surface area contributed by atoms with Crippen LogP contribution < -0.4 is 4.90 Å². The molecule has 0 atom stereocenters. The van der Waals surface area contributed by atoms with Crippen LogP contribution >= 0.6 is 11.8 Å². The fourth-order valence-electron chi connectivity index (χ4n) is 2.93.